The fourth-order valence-electron chi connectivity index (χ4n) is 1.75. The van der Waals surface area contributed by atoms with Crippen molar-refractivity contribution in [3.63, 3.8) is 0 Å². The van der Waals surface area contributed by atoms with Gasteiger partial charge in [0.25, 0.3) is 0 Å². The molecule has 0 bridgehead atoms. The highest BCUT2D eigenvalue weighted by Crippen LogP contribution is 2.14. The fraction of sp³-hybridized carbons (Fsp3) is 0.308. The summed E-state index contributed by atoms with van der Waals surface area (Å²) in [6.07, 6.45) is 2.27. The number of alkyl carbamates (subject to hydrolysis) is 1. The van der Waals surface area contributed by atoms with Gasteiger partial charge in [-0.15, -0.1) is 11.6 Å². The summed E-state index contributed by atoms with van der Waals surface area (Å²) in [5.74, 6) is 0.317. The van der Waals surface area contributed by atoms with Gasteiger partial charge < -0.3 is 15.0 Å². The van der Waals surface area contributed by atoms with Gasteiger partial charge >= 0.3 is 6.09 Å². The molecule has 2 rings (SSSR count). The second-order valence-corrected chi connectivity index (χ2v) is 4.28. The smallest absolute Gasteiger partial charge is 0.407 e. The normalized spacial score (nSPS) is 10.5. The number of rotatable bonds is 5. The van der Waals surface area contributed by atoms with Crippen LogP contribution in [0.25, 0.3) is 10.9 Å². The highest BCUT2D eigenvalue weighted by Gasteiger charge is 2.01. The lowest BCUT2D eigenvalue weighted by molar-refractivity contribution is 0.153. The summed E-state index contributed by atoms with van der Waals surface area (Å²) < 4.78 is 4.80. The summed E-state index contributed by atoms with van der Waals surface area (Å²) in [5, 5.41) is 3.86. The Kier molecular flexibility index (Phi) is 4.47. The quantitative estimate of drug-likeness (QED) is 0.818. The number of aromatic nitrogens is 1. The molecule has 1 aromatic heterocycles. The zero-order valence-electron chi connectivity index (χ0n) is 9.91. The summed E-state index contributed by atoms with van der Waals surface area (Å²) in [7, 11) is 0. The van der Waals surface area contributed by atoms with Gasteiger partial charge in [-0.3, -0.25) is 0 Å². The SMILES string of the molecule is O=C(NCCc1ccc2[nH]ccc2c1)OCCCl. The molecular weight excluding hydrogens is 252 g/mol. The molecule has 0 aliphatic rings. The van der Waals surface area contributed by atoms with Crippen LogP contribution in [0.2, 0.25) is 0 Å². The van der Waals surface area contributed by atoms with E-state index in [-0.39, 0.29) is 6.61 Å². The average molecular weight is 267 g/mol. The number of fused-ring (bicyclic) bond motifs is 1. The van der Waals surface area contributed by atoms with Gasteiger partial charge in [0.2, 0.25) is 0 Å². The number of hydrogen-bond acceptors (Lipinski definition) is 2. The summed E-state index contributed by atoms with van der Waals surface area (Å²) in [5.41, 5.74) is 2.30. The molecule has 2 aromatic rings. The molecule has 1 heterocycles. The van der Waals surface area contributed by atoms with Crippen molar-refractivity contribution in [1.82, 2.24) is 10.3 Å². The summed E-state index contributed by atoms with van der Waals surface area (Å²) in [4.78, 5) is 14.3. The van der Waals surface area contributed by atoms with Gasteiger partial charge in [-0.05, 0) is 35.6 Å². The molecule has 0 saturated carbocycles. The third-order valence-corrected chi connectivity index (χ3v) is 2.77. The predicted octanol–water partition coefficient (Wildman–Crippen LogP) is 2.68. The largest absolute Gasteiger partial charge is 0.448 e. The molecule has 0 radical (unpaired) electrons. The van der Waals surface area contributed by atoms with Crippen LogP contribution < -0.4 is 5.32 Å². The topological polar surface area (TPSA) is 54.1 Å². The van der Waals surface area contributed by atoms with Gasteiger partial charge in [-0.2, -0.15) is 0 Å². The van der Waals surface area contributed by atoms with E-state index in [1.165, 1.54) is 10.9 Å². The van der Waals surface area contributed by atoms with Crippen LogP contribution in [0.4, 0.5) is 4.79 Å². The highest BCUT2D eigenvalue weighted by atomic mass is 35.5. The highest BCUT2D eigenvalue weighted by molar-refractivity contribution is 6.18. The minimum absolute atomic E-state index is 0.239. The lowest BCUT2D eigenvalue weighted by Crippen LogP contribution is -2.27. The number of H-pyrrole nitrogens is 1. The monoisotopic (exact) mass is 266 g/mol. The second kappa shape index (κ2) is 6.31. The molecule has 4 nitrogen and oxygen atoms in total. The van der Waals surface area contributed by atoms with Crippen molar-refractivity contribution in [3.05, 3.63) is 36.0 Å². The number of amides is 1. The van der Waals surface area contributed by atoms with Gasteiger partial charge in [0.15, 0.2) is 0 Å². The van der Waals surface area contributed by atoms with Crippen LogP contribution in [-0.4, -0.2) is 30.1 Å². The second-order valence-electron chi connectivity index (χ2n) is 3.90. The molecule has 0 saturated heterocycles. The van der Waals surface area contributed by atoms with E-state index in [2.05, 4.69) is 16.4 Å². The van der Waals surface area contributed by atoms with Gasteiger partial charge in [0, 0.05) is 18.3 Å². The number of carbonyl (C=O) groups excluding carboxylic acids is 1. The molecule has 2 N–H and O–H groups in total. The zero-order chi connectivity index (χ0) is 12.8. The van der Waals surface area contributed by atoms with E-state index in [1.54, 1.807) is 0 Å². The number of carbonyl (C=O) groups is 1. The molecule has 0 aliphatic carbocycles. The van der Waals surface area contributed by atoms with Crippen LogP contribution in [-0.2, 0) is 11.2 Å². The fourth-order valence-corrected chi connectivity index (χ4v) is 1.83. The molecule has 0 atom stereocenters. The van der Waals surface area contributed by atoms with Crippen molar-refractivity contribution < 1.29 is 9.53 Å². The summed E-state index contributed by atoms with van der Waals surface area (Å²) in [6, 6.07) is 8.22. The number of alkyl halides is 1. The molecule has 0 unspecified atom stereocenters. The van der Waals surface area contributed by atoms with Crippen LogP contribution >= 0.6 is 11.6 Å². The van der Waals surface area contributed by atoms with Crippen LogP contribution in [0.5, 0.6) is 0 Å². The van der Waals surface area contributed by atoms with Crippen LogP contribution in [0.15, 0.2) is 30.5 Å². The Hall–Kier alpha value is -1.68. The first-order chi connectivity index (χ1) is 8.79. The van der Waals surface area contributed by atoms with Gasteiger partial charge in [0.05, 0.1) is 5.88 Å². The molecule has 1 aromatic carbocycles. The van der Waals surface area contributed by atoms with E-state index in [0.717, 1.165) is 11.9 Å². The maximum atomic E-state index is 11.2. The number of halogens is 1. The van der Waals surface area contributed by atoms with Crippen molar-refractivity contribution >= 4 is 28.6 Å². The zero-order valence-corrected chi connectivity index (χ0v) is 10.7. The lowest BCUT2D eigenvalue weighted by atomic mass is 10.1. The van der Waals surface area contributed by atoms with E-state index in [0.29, 0.717) is 12.4 Å². The van der Waals surface area contributed by atoms with E-state index in [9.17, 15) is 4.79 Å². The number of benzene rings is 1. The van der Waals surface area contributed by atoms with Crippen molar-refractivity contribution in [1.29, 1.82) is 0 Å². The van der Waals surface area contributed by atoms with Gasteiger partial charge in [-0.25, -0.2) is 4.79 Å². The molecular formula is C13H15ClN2O2. The van der Waals surface area contributed by atoms with Crippen molar-refractivity contribution in [3.8, 4) is 0 Å². The predicted molar refractivity (Wildman–Crippen MR) is 72.1 cm³/mol. The van der Waals surface area contributed by atoms with Gasteiger partial charge in [-0.1, -0.05) is 6.07 Å². The minimum atomic E-state index is -0.418. The summed E-state index contributed by atoms with van der Waals surface area (Å²) >= 11 is 5.41. The molecule has 5 heteroatoms. The van der Waals surface area contributed by atoms with Crippen molar-refractivity contribution in [2.24, 2.45) is 0 Å². The maximum Gasteiger partial charge on any atom is 0.407 e. The standard InChI is InChI=1S/C13H15ClN2O2/c14-5-8-18-13(17)16-6-3-10-1-2-12-11(9-10)4-7-15-12/h1-2,4,7,9,15H,3,5-6,8H2,(H,16,17). The van der Waals surface area contributed by atoms with E-state index >= 15 is 0 Å². The Morgan fingerprint density at radius 1 is 1.39 bits per heavy atom. The van der Waals surface area contributed by atoms with Crippen LogP contribution in [0.1, 0.15) is 5.56 Å². The van der Waals surface area contributed by atoms with E-state index in [1.807, 2.05) is 24.4 Å². The van der Waals surface area contributed by atoms with Gasteiger partial charge in [0.1, 0.15) is 6.61 Å². The Morgan fingerprint density at radius 3 is 3.11 bits per heavy atom. The first-order valence-electron chi connectivity index (χ1n) is 5.82. The Morgan fingerprint density at radius 2 is 2.28 bits per heavy atom. The van der Waals surface area contributed by atoms with Crippen LogP contribution in [0.3, 0.4) is 0 Å². The average Bonchev–Trinajstić information content (AvgIpc) is 2.83. The molecule has 0 aliphatic heterocycles. The lowest BCUT2D eigenvalue weighted by Gasteiger charge is -2.05. The Labute approximate surface area is 110 Å². The van der Waals surface area contributed by atoms with E-state index < -0.39 is 6.09 Å². The molecule has 1 amide bonds. The molecule has 0 fully saturated rings. The van der Waals surface area contributed by atoms with Crippen molar-refractivity contribution in [2.45, 2.75) is 6.42 Å². The van der Waals surface area contributed by atoms with Crippen LogP contribution in [0, 0.1) is 0 Å². The summed E-state index contributed by atoms with van der Waals surface area (Å²) in [6.45, 7) is 0.791. The third kappa shape index (κ3) is 3.40. The first kappa shape index (κ1) is 12.8. The number of ether oxygens (including phenoxy) is 1. The maximum absolute atomic E-state index is 11.2. The number of hydrogen-bond donors (Lipinski definition) is 2. The molecule has 96 valence electrons. The Balaban J connectivity index is 1.81. The minimum Gasteiger partial charge on any atom is -0.448 e. The van der Waals surface area contributed by atoms with E-state index in [4.69, 9.17) is 16.3 Å². The third-order valence-electron chi connectivity index (χ3n) is 2.61. The first-order valence-corrected chi connectivity index (χ1v) is 6.35. The molecule has 18 heavy (non-hydrogen) atoms. The number of nitrogens with one attached hydrogen (secondary N) is 2. The van der Waals surface area contributed by atoms with Crippen molar-refractivity contribution in [2.75, 3.05) is 19.0 Å². The molecule has 0 spiro atoms. The Bertz CT molecular complexity index is 524. The number of aromatic amines is 1.